The van der Waals surface area contributed by atoms with E-state index in [9.17, 15) is 9.59 Å². The number of carbonyl (C=O) groups is 1. The van der Waals surface area contributed by atoms with Crippen LogP contribution in [0.2, 0.25) is 10.0 Å². The molecule has 1 aromatic heterocycles. The second-order valence-corrected chi connectivity index (χ2v) is 5.75. The molecule has 6 heteroatoms. The second kappa shape index (κ2) is 6.44. The van der Waals surface area contributed by atoms with Crippen molar-refractivity contribution >= 4 is 40.1 Å². The Morgan fingerprint density at radius 3 is 2.65 bits per heavy atom. The fraction of sp³-hybridized carbons (Fsp3) is 0.0588. The molecule has 3 rings (SSSR count). The van der Waals surface area contributed by atoms with Gasteiger partial charge in [-0.25, -0.2) is 4.79 Å². The molecule has 4 nitrogen and oxygen atoms in total. The zero-order chi connectivity index (χ0) is 16.4. The topological polar surface area (TPSA) is 59.3 Å². The third-order valence-electron chi connectivity index (χ3n) is 3.34. The summed E-state index contributed by atoms with van der Waals surface area (Å²) in [5.74, 6) is -0.527. The molecule has 116 valence electrons. The minimum Gasteiger partial charge on any atom is -0.422 e. The predicted octanol–water partition coefficient (Wildman–Crippen LogP) is 4.03. The maximum Gasteiger partial charge on any atom is 0.349 e. The minimum atomic E-state index is -0.698. The van der Waals surface area contributed by atoms with Crippen molar-refractivity contribution in [3.8, 4) is 0 Å². The lowest BCUT2D eigenvalue weighted by Gasteiger charge is -2.07. The van der Waals surface area contributed by atoms with Gasteiger partial charge in [0.05, 0.1) is 0 Å². The van der Waals surface area contributed by atoms with Crippen molar-refractivity contribution in [2.45, 2.75) is 6.54 Å². The zero-order valence-corrected chi connectivity index (χ0v) is 13.3. The van der Waals surface area contributed by atoms with E-state index in [4.69, 9.17) is 27.6 Å². The van der Waals surface area contributed by atoms with Gasteiger partial charge in [-0.2, -0.15) is 0 Å². The summed E-state index contributed by atoms with van der Waals surface area (Å²) in [7, 11) is 0. The number of hydrogen-bond donors (Lipinski definition) is 1. The van der Waals surface area contributed by atoms with E-state index >= 15 is 0 Å². The third-order valence-corrected chi connectivity index (χ3v) is 3.94. The number of rotatable bonds is 3. The van der Waals surface area contributed by atoms with Crippen LogP contribution in [-0.2, 0) is 6.54 Å². The van der Waals surface area contributed by atoms with Crippen molar-refractivity contribution in [2.75, 3.05) is 0 Å². The summed E-state index contributed by atoms with van der Waals surface area (Å²) in [6.45, 7) is 0.214. The highest BCUT2D eigenvalue weighted by Crippen LogP contribution is 2.19. The van der Waals surface area contributed by atoms with Gasteiger partial charge in [0.25, 0.3) is 5.91 Å². The van der Waals surface area contributed by atoms with Gasteiger partial charge in [0.1, 0.15) is 11.1 Å². The van der Waals surface area contributed by atoms with Gasteiger partial charge in [-0.05, 0) is 35.9 Å². The molecule has 2 aromatic carbocycles. The quantitative estimate of drug-likeness (QED) is 0.727. The molecular weight excluding hydrogens is 337 g/mol. The average molecular weight is 348 g/mol. The molecule has 0 radical (unpaired) electrons. The van der Waals surface area contributed by atoms with Crippen LogP contribution in [0.4, 0.5) is 0 Å². The summed E-state index contributed by atoms with van der Waals surface area (Å²) >= 11 is 11.9. The first-order chi connectivity index (χ1) is 11.0. The molecule has 0 fully saturated rings. The number of carbonyl (C=O) groups excluding carboxylic acids is 1. The van der Waals surface area contributed by atoms with Gasteiger partial charge in [-0.3, -0.25) is 4.79 Å². The van der Waals surface area contributed by atoms with Gasteiger partial charge in [-0.1, -0.05) is 41.4 Å². The predicted molar refractivity (Wildman–Crippen MR) is 90.1 cm³/mol. The Kier molecular flexibility index (Phi) is 4.37. The van der Waals surface area contributed by atoms with Crippen LogP contribution in [0.15, 0.2) is 57.7 Å². The number of nitrogens with one attached hydrogen (secondary N) is 1. The van der Waals surface area contributed by atoms with E-state index in [1.54, 1.807) is 36.4 Å². The molecule has 0 unspecified atom stereocenters. The fourth-order valence-electron chi connectivity index (χ4n) is 2.17. The molecule has 1 heterocycles. The molecule has 0 aliphatic heterocycles. The minimum absolute atomic E-state index is 0.0770. The molecule has 0 aliphatic carbocycles. The van der Waals surface area contributed by atoms with Crippen LogP contribution in [0, 0.1) is 0 Å². The normalized spacial score (nSPS) is 10.7. The molecule has 0 saturated carbocycles. The highest BCUT2D eigenvalue weighted by Gasteiger charge is 2.14. The van der Waals surface area contributed by atoms with Crippen molar-refractivity contribution < 1.29 is 9.21 Å². The third kappa shape index (κ3) is 3.38. The van der Waals surface area contributed by atoms with Crippen LogP contribution in [0.3, 0.4) is 0 Å². The van der Waals surface area contributed by atoms with E-state index in [-0.39, 0.29) is 12.1 Å². The van der Waals surface area contributed by atoms with E-state index in [1.165, 1.54) is 6.07 Å². The molecule has 0 spiro atoms. The van der Waals surface area contributed by atoms with E-state index in [0.29, 0.717) is 21.0 Å². The van der Waals surface area contributed by atoms with E-state index in [0.717, 1.165) is 5.56 Å². The highest BCUT2D eigenvalue weighted by molar-refractivity contribution is 6.31. The second-order valence-electron chi connectivity index (χ2n) is 4.90. The van der Waals surface area contributed by atoms with E-state index in [2.05, 4.69) is 5.32 Å². The Morgan fingerprint density at radius 2 is 1.87 bits per heavy atom. The first-order valence-corrected chi connectivity index (χ1v) is 7.55. The Hall–Kier alpha value is -2.30. The molecule has 1 amide bonds. The lowest BCUT2D eigenvalue weighted by Crippen LogP contribution is -2.27. The monoisotopic (exact) mass is 347 g/mol. The lowest BCUT2D eigenvalue weighted by atomic mass is 10.1. The van der Waals surface area contributed by atoms with Crippen LogP contribution in [0.25, 0.3) is 11.0 Å². The van der Waals surface area contributed by atoms with Crippen LogP contribution in [0.1, 0.15) is 15.9 Å². The summed E-state index contributed by atoms with van der Waals surface area (Å²) in [4.78, 5) is 24.2. The van der Waals surface area contributed by atoms with Crippen molar-refractivity contribution in [3.05, 3.63) is 80.1 Å². The fourth-order valence-corrected chi connectivity index (χ4v) is 2.55. The molecule has 0 saturated heterocycles. The summed E-state index contributed by atoms with van der Waals surface area (Å²) in [5, 5.41) is 4.28. The van der Waals surface area contributed by atoms with Crippen molar-refractivity contribution in [1.82, 2.24) is 5.32 Å². The Morgan fingerprint density at radius 1 is 1.09 bits per heavy atom. The lowest BCUT2D eigenvalue weighted by molar-refractivity contribution is 0.0947. The summed E-state index contributed by atoms with van der Waals surface area (Å²) < 4.78 is 5.14. The van der Waals surface area contributed by atoms with Crippen LogP contribution >= 0.6 is 23.2 Å². The molecule has 3 aromatic rings. The standard InChI is InChI=1S/C17H11Cl2NO3/c18-12-5-6-15-11(7-12)8-13(17(22)23-15)16(21)20-9-10-3-1-2-4-14(10)19/h1-8H,9H2,(H,20,21). The number of halogens is 2. The Balaban J connectivity index is 1.87. The average Bonchev–Trinajstić information content (AvgIpc) is 2.53. The van der Waals surface area contributed by atoms with Gasteiger partial charge < -0.3 is 9.73 Å². The largest absolute Gasteiger partial charge is 0.422 e. The first-order valence-electron chi connectivity index (χ1n) is 6.79. The van der Waals surface area contributed by atoms with Crippen LogP contribution < -0.4 is 10.9 Å². The van der Waals surface area contributed by atoms with Crippen molar-refractivity contribution in [2.24, 2.45) is 0 Å². The summed E-state index contributed by atoms with van der Waals surface area (Å²) in [5.41, 5.74) is 0.362. The molecule has 0 atom stereocenters. The molecule has 1 N–H and O–H groups in total. The van der Waals surface area contributed by atoms with Crippen LogP contribution in [0.5, 0.6) is 0 Å². The SMILES string of the molecule is O=C(NCc1ccccc1Cl)c1cc2cc(Cl)ccc2oc1=O. The Bertz CT molecular complexity index is 950. The smallest absolute Gasteiger partial charge is 0.349 e. The first kappa shape index (κ1) is 15.6. The van der Waals surface area contributed by atoms with E-state index < -0.39 is 11.5 Å². The van der Waals surface area contributed by atoms with Gasteiger partial charge >= 0.3 is 5.63 Å². The van der Waals surface area contributed by atoms with E-state index in [1.807, 2.05) is 6.07 Å². The molecule has 0 bridgehead atoms. The Labute approximate surface area is 141 Å². The van der Waals surface area contributed by atoms with Crippen LogP contribution in [-0.4, -0.2) is 5.91 Å². The highest BCUT2D eigenvalue weighted by atomic mass is 35.5. The maximum atomic E-state index is 12.2. The maximum absolute atomic E-state index is 12.2. The summed E-state index contributed by atoms with van der Waals surface area (Å²) in [6.07, 6.45) is 0. The number of hydrogen-bond acceptors (Lipinski definition) is 3. The van der Waals surface area contributed by atoms with Gasteiger partial charge in [0, 0.05) is 22.0 Å². The molecule has 0 aliphatic rings. The van der Waals surface area contributed by atoms with Gasteiger partial charge in [-0.15, -0.1) is 0 Å². The van der Waals surface area contributed by atoms with Gasteiger partial charge in [0.2, 0.25) is 0 Å². The number of fused-ring (bicyclic) bond motifs is 1. The molecular formula is C17H11Cl2NO3. The number of benzene rings is 2. The zero-order valence-electron chi connectivity index (χ0n) is 11.8. The number of amides is 1. The summed E-state index contributed by atoms with van der Waals surface area (Å²) in [6, 6.07) is 13.4. The van der Waals surface area contributed by atoms with Crippen molar-refractivity contribution in [1.29, 1.82) is 0 Å². The molecule has 23 heavy (non-hydrogen) atoms. The van der Waals surface area contributed by atoms with Gasteiger partial charge in [0.15, 0.2) is 0 Å². The van der Waals surface area contributed by atoms with Crippen molar-refractivity contribution in [3.63, 3.8) is 0 Å².